The van der Waals surface area contributed by atoms with Crippen LogP contribution in [0.25, 0.3) is 16.0 Å². The number of rotatable bonds is 7. The summed E-state index contributed by atoms with van der Waals surface area (Å²) in [4.78, 5) is 39.8. The van der Waals surface area contributed by atoms with E-state index in [4.69, 9.17) is 4.98 Å². The number of benzene rings is 1. The van der Waals surface area contributed by atoms with Gasteiger partial charge in [0.1, 0.15) is 0 Å². The summed E-state index contributed by atoms with van der Waals surface area (Å²) in [6.45, 7) is 4.23. The number of Topliss-reactive ketones (excluding diaryl/α,β-unsaturated/α-hetero) is 1. The SMILES string of the molecule is Cc1cc(C(=O)CSc2nc3ccccc3c(=O)n2Cc2cccnc2)c(C)n1-c1nccs1. The van der Waals surface area contributed by atoms with Gasteiger partial charge in [-0.05, 0) is 43.7 Å². The zero-order valence-corrected chi connectivity index (χ0v) is 20.3. The Morgan fingerprint density at radius 3 is 2.74 bits per heavy atom. The third kappa shape index (κ3) is 4.20. The van der Waals surface area contributed by atoms with Crippen molar-refractivity contribution in [2.24, 2.45) is 0 Å². The van der Waals surface area contributed by atoms with Crippen LogP contribution in [-0.2, 0) is 6.54 Å². The minimum atomic E-state index is -0.133. The van der Waals surface area contributed by atoms with E-state index in [0.717, 1.165) is 22.1 Å². The van der Waals surface area contributed by atoms with Crippen LogP contribution in [0.5, 0.6) is 0 Å². The second kappa shape index (κ2) is 9.36. The highest BCUT2D eigenvalue weighted by Gasteiger charge is 2.20. The van der Waals surface area contributed by atoms with Crippen LogP contribution < -0.4 is 5.56 Å². The van der Waals surface area contributed by atoms with Gasteiger partial charge in [-0.1, -0.05) is 30.0 Å². The van der Waals surface area contributed by atoms with Gasteiger partial charge in [0.05, 0.1) is 23.2 Å². The molecule has 5 rings (SSSR count). The van der Waals surface area contributed by atoms with E-state index >= 15 is 0 Å². The number of carbonyl (C=O) groups is 1. The summed E-state index contributed by atoms with van der Waals surface area (Å²) in [6.07, 6.45) is 5.18. The van der Waals surface area contributed by atoms with Crippen LogP contribution in [0.4, 0.5) is 0 Å². The Kier molecular flexibility index (Phi) is 6.12. The molecule has 0 aliphatic carbocycles. The van der Waals surface area contributed by atoms with E-state index in [1.54, 1.807) is 29.2 Å². The third-order valence-electron chi connectivity index (χ3n) is 5.56. The molecule has 0 bridgehead atoms. The average molecular weight is 488 g/mol. The van der Waals surface area contributed by atoms with Crippen LogP contribution in [-0.4, -0.2) is 35.6 Å². The number of hydrogen-bond acceptors (Lipinski definition) is 7. The first kappa shape index (κ1) is 22.2. The Morgan fingerprint density at radius 1 is 1.12 bits per heavy atom. The topological polar surface area (TPSA) is 82.7 Å². The fourth-order valence-electron chi connectivity index (χ4n) is 3.95. The van der Waals surface area contributed by atoms with E-state index in [2.05, 4.69) is 9.97 Å². The van der Waals surface area contributed by atoms with E-state index < -0.39 is 0 Å². The molecule has 9 heteroatoms. The minimum Gasteiger partial charge on any atom is -0.294 e. The number of aromatic nitrogens is 5. The van der Waals surface area contributed by atoms with Crippen LogP contribution in [0.3, 0.4) is 0 Å². The molecule has 5 aromatic rings. The molecule has 34 heavy (non-hydrogen) atoms. The van der Waals surface area contributed by atoms with Crippen molar-refractivity contribution in [1.29, 1.82) is 0 Å². The molecule has 4 heterocycles. The van der Waals surface area contributed by atoms with Crippen molar-refractivity contribution in [3.8, 4) is 5.13 Å². The summed E-state index contributed by atoms with van der Waals surface area (Å²) in [7, 11) is 0. The normalized spacial score (nSPS) is 11.2. The molecule has 1 aromatic carbocycles. The maximum atomic E-state index is 13.3. The van der Waals surface area contributed by atoms with Gasteiger partial charge in [-0.3, -0.25) is 23.7 Å². The number of thiazole rings is 1. The molecule has 0 aliphatic rings. The summed E-state index contributed by atoms with van der Waals surface area (Å²) in [6, 6.07) is 12.9. The van der Waals surface area contributed by atoms with Gasteiger partial charge in [0.2, 0.25) is 0 Å². The molecular weight excluding hydrogens is 466 g/mol. The number of ketones is 1. The number of carbonyl (C=O) groups excluding carboxylic acids is 1. The highest BCUT2D eigenvalue weighted by Crippen LogP contribution is 2.25. The van der Waals surface area contributed by atoms with Gasteiger partial charge in [-0.25, -0.2) is 9.97 Å². The predicted octanol–water partition coefficient (Wildman–Crippen LogP) is 4.68. The first-order chi connectivity index (χ1) is 16.5. The smallest absolute Gasteiger partial charge is 0.262 e. The zero-order valence-electron chi connectivity index (χ0n) is 18.6. The molecule has 4 aromatic heterocycles. The lowest BCUT2D eigenvalue weighted by atomic mass is 10.2. The van der Waals surface area contributed by atoms with Gasteiger partial charge in [0.25, 0.3) is 5.56 Å². The number of nitrogens with zero attached hydrogens (tertiary/aromatic N) is 5. The standard InChI is InChI=1S/C25H21N5O2S2/c1-16-12-20(17(2)30(16)24-27-10-11-33-24)22(31)15-34-25-28-21-8-4-3-7-19(21)23(32)29(25)14-18-6-5-9-26-13-18/h3-13H,14-15H2,1-2H3. The van der Waals surface area contributed by atoms with Crippen molar-refractivity contribution in [2.75, 3.05) is 5.75 Å². The van der Waals surface area contributed by atoms with Gasteiger partial charge in [-0.2, -0.15) is 0 Å². The molecule has 7 nitrogen and oxygen atoms in total. The van der Waals surface area contributed by atoms with Gasteiger partial charge in [-0.15, -0.1) is 11.3 Å². The Morgan fingerprint density at radius 2 is 1.97 bits per heavy atom. The second-order valence-corrected chi connectivity index (χ2v) is 9.63. The monoisotopic (exact) mass is 487 g/mol. The third-order valence-corrected chi connectivity index (χ3v) is 7.30. The first-order valence-corrected chi connectivity index (χ1v) is 12.5. The van der Waals surface area contributed by atoms with Crippen molar-refractivity contribution >= 4 is 39.8 Å². The summed E-state index contributed by atoms with van der Waals surface area (Å²) in [5, 5.41) is 3.81. The highest BCUT2D eigenvalue weighted by molar-refractivity contribution is 7.99. The lowest BCUT2D eigenvalue weighted by Gasteiger charge is -2.13. The molecule has 0 aliphatic heterocycles. The maximum absolute atomic E-state index is 13.3. The average Bonchev–Trinajstić information content (AvgIpc) is 3.47. The largest absolute Gasteiger partial charge is 0.294 e. The van der Waals surface area contributed by atoms with Gasteiger partial charge in [0, 0.05) is 40.9 Å². The van der Waals surface area contributed by atoms with Crippen LogP contribution in [0.2, 0.25) is 0 Å². The Bertz CT molecular complexity index is 1540. The van der Waals surface area contributed by atoms with Gasteiger partial charge >= 0.3 is 0 Å². The predicted molar refractivity (Wildman–Crippen MR) is 135 cm³/mol. The van der Waals surface area contributed by atoms with Crippen molar-refractivity contribution in [3.63, 3.8) is 0 Å². The molecule has 0 radical (unpaired) electrons. The van der Waals surface area contributed by atoms with Crippen LogP contribution >= 0.6 is 23.1 Å². The second-order valence-electron chi connectivity index (χ2n) is 7.81. The Labute approximate surface area is 204 Å². The fourth-order valence-corrected chi connectivity index (χ4v) is 5.58. The van der Waals surface area contributed by atoms with E-state index in [1.807, 2.05) is 60.2 Å². The Balaban J connectivity index is 1.47. The quantitative estimate of drug-likeness (QED) is 0.188. The maximum Gasteiger partial charge on any atom is 0.262 e. The summed E-state index contributed by atoms with van der Waals surface area (Å²) < 4.78 is 3.62. The molecule has 0 amide bonds. The van der Waals surface area contributed by atoms with Crippen LogP contribution in [0.15, 0.2) is 76.4 Å². The van der Waals surface area contributed by atoms with Crippen LogP contribution in [0.1, 0.15) is 27.3 Å². The summed E-state index contributed by atoms with van der Waals surface area (Å²) in [5.74, 6) is 0.149. The molecule has 0 unspecified atom stereocenters. The van der Waals surface area contributed by atoms with Crippen molar-refractivity contribution < 1.29 is 4.79 Å². The molecule has 0 spiro atoms. The summed E-state index contributed by atoms with van der Waals surface area (Å²) in [5.41, 5.74) is 3.84. The van der Waals surface area contributed by atoms with Crippen molar-refractivity contribution in [1.82, 2.24) is 24.1 Å². The molecule has 0 N–H and O–H groups in total. The van der Waals surface area contributed by atoms with E-state index in [0.29, 0.717) is 28.2 Å². The Hall–Kier alpha value is -3.56. The van der Waals surface area contributed by atoms with E-state index in [-0.39, 0.29) is 17.1 Å². The lowest BCUT2D eigenvalue weighted by molar-refractivity contribution is 0.102. The number of fused-ring (bicyclic) bond motifs is 1. The number of para-hydroxylation sites is 1. The number of hydrogen-bond donors (Lipinski definition) is 0. The fraction of sp³-hybridized carbons (Fsp3) is 0.160. The van der Waals surface area contributed by atoms with E-state index in [1.165, 1.54) is 23.1 Å². The summed E-state index contributed by atoms with van der Waals surface area (Å²) >= 11 is 2.81. The van der Waals surface area contributed by atoms with Gasteiger partial charge in [0.15, 0.2) is 16.1 Å². The van der Waals surface area contributed by atoms with E-state index in [9.17, 15) is 9.59 Å². The first-order valence-electron chi connectivity index (χ1n) is 10.7. The van der Waals surface area contributed by atoms with Gasteiger partial charge < -0.3 is 0 Å². The van der Waals surface area contributed by atoms with Crippen molar-refractivity contribution in [2.45, 2.75) is 25.5 Å². The van der Waals surface area contributed by atoms with Crippen molar-refractivity contribution in [3.05, 3.63) is 99.3 Å². The molecule has 0 saturated heterocycles. The number of aryl methyl sites for hydroxylation is 1. The lowest BCUT2D eigenvalue weighted by Crippen LogP contribution is -2.24. The highest BCUT2D eigenvalue weighted by atomic mass is 32.2. The molecular formula is C25H21N5O2S2. The number of thioether (sulfide) groups is 1. The van der Waals surface area contributed by atoms with Crippen LogP contribution in [0, 0.1) is 13.8 Å². The minimum absolute atomic E-state index is 0.0174. The number of pyridine rings is 1. The molecule has 170 valence electrons. The molecule has 0 saturated carbocycles. The molecule has 0 fully saturated rings. The molecule has 0 atom stereocenters. The zero-order chi connectivity index (χ0) is 23.7.